The maximum atomic E-state index is 12.1. The Hall–Kier alpha value is -1.84. The summed E-state index contributed by atoms with van der Waals surface area (Å²) in [6.45, 7) is 2.85. The first kappa shape index (κ1) is 11.6. The average molecular weight is 233 g/mol. The lowest BCUT2D eigenvalue weighted by Crippen LogP contribution is -2.38. The summed E-state index contributed by atoms with van der Waals surface area (Å²) in [5.41, 5.74) is 2.84. The predicted molar refractivity (Wildman–Crippen MR) is 63.0 cm³/mol. The molecular formula is C13H15NO3. The number of hydrogen-bond donors (Lipinski definition) is 1. The molecule has 4 heteroatoms. The number of carboxylic acid groups (broad SMARTS) is 1. The van der Waals surface area contributed by atoms with Gasteiger partial charge in [0.2, 0.25) is 0 Å². The van der Waals surface area contributed by atoms with Crippen LogP contribution in [0.4, 0.5) is 0 Å². The van der Waals surface area contributed by atoms with E-state index in [0.717, 1.165) is 23.1 Å². The van der Waals surface area contributed by atoms with Gasteiger partial charge in [0, 0.05) is 18.7 Å². The van der Waals surface area contributed by atoms with Crippen molar-refractivity contribution in [2.24, 2.45) is 0 Å². The van der Waals surface area contributed by atoms with Crippen molar-refractivity contribution in [1.29, 1.82) is 0 Å². The van der Waals surface area contributed by atoms with Crippen molar-refractivity contribution in [2.45, 2.75) is 19.8 Å². The van der Waals surface area contributed by atoms with Crippen molar-refractivity contribution in [3.05, 3.63) is 34.9 Å². The summed E-state index contributed by atoms with van der Waals surface area (Å²) in [7, 11) is 0. The Morgan fingerprint density at radius 3 is 2.94 bits per heavy atom. The molecule has 0 aromatic heterocycles. The second kappa shape index (κ2) is 4.57. The highest BCUT2D eigenvalue weighted by molar-refractivity contribution is 5.97. The van der Waals surface area contributed by atoms with Crippen LogP contribution in [-0.2, 0) is 11.2 Å². The van der Waals surface area contributed by atoms with Crippen LogP contribution < -0.4 is 0 Å². The molecule has 0 spiro atoms. The molecule has 1 aromatic rings. The van der Waals surface area contributed by atoms with Gasteiger partial charge in [0.05, 0.1) is 6.42 Å². The average Bonchev–Trinajstić information content (AvgIpc) is 2.29. The minimum absolute atomic E-state index is 0.00683. The maximum absolute atomic E-state index is 12.1. The van der Waals surface area contributed by atoms with Crippen molar-refractivity contribution < 1.29 is 14.7 Å². The minimum Gasteiger partial charge on any atom is -0.481 e. The Kier molecular flexibility index (Phi) is 3.13. The third-order valence-electron chi connectivity index (χ3n) is 3.03. The fourth-order valence-electron chi connectivity index (χ4n) is 2.08. The van der Waals surface area contributed by atoms with Gasteiger partial charge in [0.15, 0.2) is 0 Å². The number of carbonyl (C=O) groups is 2. The van der Waals surface area contributed by atoms with Crippen LogP contribution in [0, 0.1) is 6.92 Å². The van der Waals surface area contributed by atoms with Gasteiger partial charge >= 0.3 is 5.97 Å². The molecule has 4 nitrogen and oxygen atoms in total. The summed E-state index contributed by atoms with van der Waals surface area (Å²) in [6, 6.07) is 5.86. The van der Waals surface area contributed by atoms with Crippen LogP contribution in [0.25, 0.3) is 0 Å². The number of rotatable bonds is 3. The monoisotopic (exact) mass is 233 g/mol. The van der Waals surface area contributed by atoms with Crippen molar-refractivity contribution in [1.82, 2.24) is 4.90 Å². The summed E-state index contributed by atoms with van der Waals surface area (Å²) < 4.78 is 0. The quantitative estimate of drug-likeness (QED) is 0.860. The molecule has 0 radical (unpaired) electrons. The van der Waals surface area contributed by atoms with Crippen LogP contribution in [0.1, 0.15) is 27.9 Å². The number of benzene rings is 1. The first-order chi connectivity index (χ1) is 8.08. The van der Waals surface area contributed by atoms with Crippen LogP contribution in [0.5, 0.6) is 0 Å². The second-order valence-corrected chi connectivity index (χ2v) is 4.35. The van der Waals surface area contributed by atoms with Crippen LogP contribution in [0.2, 0.25) is 0 Å². The molecule has 0 aliphatic carbocycles. The highest BCUT2D eigenvalue weighted by Gasteiger charge is 2.24. The molecule has 1 N–H and O–H groups in total. The third kappa shape index (κ3) is 2.46. The zero-order valence-electron chi connectivity index (χ0n) is 9.77. The summed E-state index contributed by atoms with van der Waals surface area (Å²) in [5, 5.41) is 8.63. The van der Waals surface area contributed by atoms with Gasteiger partial charge in [-0.1, -0.05) is 17.7 Å². The van der Waals surface area contributed by atoms with E-state index in [-0.39, 0.29) is 12.3 Å². The maximum Gasteiger partial charge on any atom is 0.305 e. The number of hydrogen-bond acceptors (Lipinski definition) is 2. The standard InChI is InChI=1S/C13H15NO3/c1-9-2-3-10-4-6-14(7-5-12(15)16)13(17)11(10)8-9/h2-3,8H,4-7H2,1H3,(H,15,16). The third-order valence-corrected chi connectivity index (χ3v) is 3.03. The molecule has 1 heterocycles. The van der Waals surface area contributed by atoms with Crippen LogP contribution in [0.3, 0.4) is 0 Å². The van der Waals surface area contributed by atoms with E-state index in [1.807, 2.05) is 25.1 Å². The molecule has 0 atom stereocenters. The normalized spacial score (nSPS) is 14.6. The van der Waals surface area contributed by atoms with E-state index in [4.69, 9.17) is 5.11 Å². The van der Waals surface area contributed by atoms with Crippen LogP contribution in [0.15, 0.2) is 18.2 Å². The Morgan fingerprint density at radius 2 is 2.24 bits per heavy atom. The molecular weight excluding hydrogens is 218 g/mol. The van der Waals surface area contributed by atoms with Crippen LogP contribution >= 0.6 is 0 Å². The van der Waals surface area contributed by atoms with E-state index in [9.17, 15) is 9.59 Å². The number of carbonyl (C=O) groups excluding carboxylic acids is 1. The summed E-state index contributed by atoms with van der Waals surface area (Å²) in [4.78, 5) is 24.2. The lowest BCUT2D eigenvalue weighted by Gasteiger charge is -2.28. The first-order valence-electron chi connectivity index (χ1n) is 5.68. The summed E-state index contributed by atoms with van der Waals surface area (Å²) in [6.07, 6.45) is 0.813. The number of amides is 1. The molecule has 0 saturated heterocycles. The number of nitrogens with zero attached hydrogens (tertiary/aromatic N) is 1. The predicted octanol–water partition coefficient (Wildman–Crippen LogP) is 1.47. The Balaban J connectivity index is 2.17. The molecule has 0 fully saturated rings. The van der Waals surface area contributed by atoms with Gasteiger partial charge < -0.3 is 10.0 Å². The van der Waals surface area contributed by atoms with Gasteiger partial charge in [0.25, 0.3) is 5.91 Å². The molecule has 0 saturated carbocycles. The topological polar surface area (TPSA) is 57.6 Å². The fraction of sp³-hybridized carbons (Fsp3) is 0.385. The first-order valence-corrected chi connectivity index (χ1v) is 5.68. The van der Waals surface area contributed by atoms with Crippen LogP contribution in [-0.4, -0.2) is 35.0 Å². The van der Waals surface area contributed by atoms with E-state index in [0.29, 0.717) is 13.1 Å². The Labute approximate surface area is 99.9 Å². The number of carboxylic acids is 1. The molecule has 2 rings (SSSR count). The largest absolute Gasteiger partial charge is 0.481 e. The number of fused-ring (bicyclic) bond motifs is 1. The minimum atomic E-state index is -0.868. The van der Waals surface area contributed by atoms with E-state index >= 15 is 0 Å². The highest BCUT2D eigenvalue weighted by atomic mass is 16.4. The fourth-order valence-corrected chi connectivity index (χ4v) is 2.08. The van der Waals surface area contributed by atoms with Crippen molar-refractivity contribution >= 4 is 11.9 Å². The van der Waals surface area contributed by atoms with Gasteiger partial charge in [-0.25, -0.2) is 0 Å². The SMILES string of the molecule is Cc1ccc2c(c1)C(=O)N(CCC(=O)O)CC2. The zero-order valence-corrected chi connectivity index (χ0v) is 9.77. The van der Waals surface area contributed by atoms with Gasteiger partial charge in [0.1, 0.15) is 0 Å². The molecule has 17 heavy (non-hydrogen) atoms. The Bertz CT molecular complexity index is 468. The van der Waals surface area contributed by atoms with Gasteiger partial charge in [-0.15, -0.1) is 0 Å². The molecule has 1 aliphatic rings. The van der Waals surface area contributed by atoms with Crippen molar-refractivity contribution in [3.63, 3.8) is 0 Å². The molecule has 1 aromatic carbocycles. The molecule has 90 valence electrons. The summed E-state index contributed by atoms with van der Waals surface area (Å²) >= 11 is 0. The molecule has 1 aliphatic heterocycles. The lowest BCUT2D eigenvalue weighted by atomic mass is 9.97. The summed E-state index contributed by atoms with van der Waals surface area (Å²) in [5.74, 6) is -0.913. The van der Waals surface area contributed by atoms with Gasteiger partial charge in [-0.2, -0.15) is 0 Å². The smallest absolute Gasteiger partial charge is 0.305 e. The molecule has 1 amide bonds. The highest BCUT2D eigenvalue weighted by Crippen LogP contribution is 2.20. The van der Waals surface area contributed by atoms with Gasteiger partial charge in [-0.05, 0) is 25.0 Å². The molecule has 0 bridgehead atoms. The number of aryl methyl sites for hydroxylation is 1. The second-order valence-electron chi connectivity index (χ2n) is 4.35. The van der Waals surface area contributed by atoms with Crippen molar-refractivity contribution in [3.8, 4) is 0 Å². The van der Waals surface area contributed by atoms with E-state index < -0.39 is 5.97 Å². The van der Waals surface area contributed by atoms with E-state index in [1.165, 1.54) is 0 Å². The number of aliphatic carboxylic acids is 1. The molecule has 0 unspecified atom stereocenters. The Morgan fingerprint density at radius 1 is 1.47 bits per heavy atom. The van der Waals surface area contributed by atoms with Gasteiger partial charge in [-0.3, -0.25) is 9.59 Å². The lowest BCUT2D eigenvalue weighted by molar-refractivity contribution is -0.137. The van der Waals surface area contributed by atoms with Crippen molar-refractivity contribution in [2.75, 3.05) is 13.1 Å². The van der Waals surface area contributed by atoms with E-state index in [2.05, 4.69) is 0 Å². The zero-order chi connectivity index (χ0) is 12.4. The van der Waals surface area contributed by atoms with E-state index in [1.54, 1.807) is 4.90 Å².